The lowest BCUT2D eigenvalue weighted by Gasteiger charge is -2.34. The Labute approximate surface area is 130 Å². The molecule has 1 amide bonds. The lowest BCUT2D eigenvalue weighted by atomic mass is 9.84. The van der Waals surface area contributed by atoms with Crippen molar-refractivity contribution in [1.82, 2.24) is 4.90 Å². The monoisotopic (exact) mass is 311 g/mol. The molecule has 3 fully saturated rings. The average molecular weight is 311 g/mol. The summed E-state index contributed by atoms with van der Waals surface area (Å²) in [6.45, 7) is 0. The van der Waals surface area contributed by atoms with Gasteiger partial charge in [0, 0.05) is 12.5 Å². The third-order valence-corrected chi connectivity index (χ3v) is 6.51. The molecule has 3 aliphatic rings. The molecular weight excluding hydrogens is 286 g/mol. The summed E-state index contributed by atoms with van der Waals surface area (Å²) in [6, 6.07) is -0.367. The SMILES string of the molecule is O=C(O)[C@@H]1C[C@H]2CCCC[C@H]2N1C(=O)CC1CCSCC1. The quantitative estimate of drug-likeness (QED) is 0.871. The first-order valence-electron chi connectivity index (χ1n) is 8.28. The summed E-state index contributed by atoms with van der Waals surface area (Å²) in [6.07, 6.45) is 7.87. The predicted molar refractivity (Wildman–Crippen MR) is 83.3 cm³/mol. The maximum absolute atomic E-state index is 12.7. The van der Waals surface area contributed by atoms with Crippen LogP contribution in [0.4, 0.5) is 0 Å². The van der Waals surface area contributed by atoms with Gasteiger partial charge in [-0.05, 0) is 55.4 Å². The fourth-order valence-corrected chi connectivity index (χ4v) is 5.55. The number of likely N-dealkylation sites (tertiary alicyclic amines) is 1. The number of hydrogen-bond donors (Lipinski definition) is 1. The van der Waals surface area contributed by atoms with Crippen LogP contribution in [0.15, 0.2) is 0 Å². The fourth-order valence-electron chi connectivity index (χ4n) is 4.34. The van der Waals surface area contributed by atoms with Gasteiger partial charge in [-0.3, -0.25) is 4.79 Å². The molecule has 3 rings (SSSR count). The number of carbonyl (C=O) groups is 2. The molecule has 0 aromatic rings. The van der Waals surface area contributed by atoms with Crippen molar-refractivity contribution in [2.75, 3.05) is 11.5 Å². The summed E-state index contributed by atoms with van der Waals surface area (Å²) < 4.78 is 0. The number of carboxylic acid groups (broad SMARTS) is 1. The number of thioether (sulfide) groups is 1. The average Bonchev–Trinajstić information content (AvgIpc) is 2.88. The molecule has 21 heavy (non-hydrogen) atoms. The topological polar surface area (TPSA) is 57.6 Å². The Hall–Kier alpha value is -0.710. The van der Waals surface area contributed by atoms with Crippen LogP contribution in [0.2, 0.25) is 0 Å². The summed E-state index contributed by atoms with van der Waals surface area (Å²) in [5.41, 5.74) is 0. The van der Waals surface area contributed by atoms with Gasteiger partial charge in [-0.25, -0.2) is 4.79 Å². The van der Waals surface area contributed by atoms with E-state index in [1.807, 2.05) is 11.8 Å². The van der Waals surface area contributed by atoms with Gasteiger partial charge in [0.25, 0.3) is 0 Å². The summed E-state index contributed by atoms with van der Waals surface area (Å²) in [5, 5.41) is 9.49. The van der Waals surface area contributed by atoms with Crippen LogP contribution in [0.5, 0.6) is 0 Å². The largest absolute Gasteiger partial charge is 0.480 e. The zero-order chi connectivity index (χ0) is 14.8. The Bertz CT molecular complexity index is 408. The Morgan fingerprint density at radius 2 is 1.81 bits per heavy atom. The van der Waals surface area contributed by atoms with Crippen molar-refractivity contribution in [2.45, 2.75) is 63.5 Å². The Balaban J connectivity index is 1.69. The van der Waals surface area contributed by atoms with E-state index in [1.54, 1.807) is 4.90 Å². The maximum atomic E-state index is 12.7. The summed E-state index contributed by atoms with van der Waals surface area (Å²) in [7, 11) is 0. The Morgan fingerprint density at radius 3 is 2.52 bits per heavy atom. The second-order valence-electron chi connectivity index (χ2n) is 6.76. The first-order valence-corrected chi connectivity index (χ1v) is 9.44. The van der Waals surface area contributed by atoms with Crippen molar-refractivity contribution < 1.29 is 14.7 Å². The molecule has 5 heteroatoms. The summed E-state index contributed by atoms with van der Waals surface area (Å²) in [4.78, 5) is 26.1. The molecule has 0 radical (unpaired) electrons. The Morgan fingerprint density at radius 1 is 1.10 bits per heavy atom. The van der Waals surface area contributed by atoms with Crippen molar-refractivity contribution in [2.24, 2.45) is 11.8 Å². The van der Waals surface area contributed by atoms with E-state index in [1.165, 1.54) is 6.42 Å². The summed E-state index contributed by atoms with van der Waals surface area (Å²) in [5.74, 6) is 2.48. The van der Waals surface area contributed by atoms with Crippen molar-refractivity contribution in [1.29, 1.82) is 0 Å². The third kappa shape index (κ3) is 3.22. The van der Waals surface area contributed by atoms with Gasteiger partial charge in [0.15, 0.2) is 0 Å². The smallest absolute Gasteiger partial charge is 0.326 e. The zero-order valence-electron chi connectivity index (χ0n) is 12.5. The first kappa shape index (κ1) is 15.2. The van der Waals surface area contributed by atoms with Crippen LogP contribution in [0.3, 0.4) is 0 Å². The number of carboxylic acids is 1. The molecule has 1 N–H and O–H groups in total. The van der Waals surface area contributed by atoms with Gasteiger partial charge in [-0.2, -0.15) is 11.8 Å². The predicted octanol–water partition coefficient (Wildman–Crippen LogP) is 2.76. The van der Waals surface area contributed by atoms with E-state index in [-0.39, 0.29) is 11.9 Å². The highest BCUT2D eigenvalue weighted by atomic mass is 32.2. The second kappa shape index (κ2) is 6.59. The van der Waals surface area contributed by atoms with Crippen molar-refractivity contribution in [3.05, 3.63) is 0 Å². The van der Waals surface area contributed by atoms with Crippen molar-refractivity contribution in [3.63, 3.8) is 0 Å². The molecule has 3 atom stereocenters. The lowest BCUT2D eigenvalue weighted by molar-refractivity contribution is -0.150. The molecule has 2 aliphatic heterocycles. The molecular formula is C16H25NO3S. The van der Waals surface area contributed by atoms with E-state index < -0.39 is 12.0 Å². The Kier molecular flexibility index (Phi) is 4.77. The minimum Gasteiger partial charge on any atom is -0.480 e. The molecule has 0 aromatic heterocycles. The number of nitrogens with zero attached hydrogens (tertiary/aromatic N) is 1. The lowest BCUT2D eigenvalue weighted by Crippen LogP contribution is -2.46. The molecule has 0 aromatic carbocycles. The van der Waals surface area contributed by atoms with Crippen LogP contribution in [-0.4, -0.2) is 45.5 Å². The van der Waals surface area contributed by atoms with Crippen LogP contribution in [0.25, 0.3) is 0 Å². The van der Waals surface area contributed by atoms with E-state index in [0.717, 1.165) is 43.6 Å². The van der Waals surface area contributed by atoms with Crippen LogP contribution in [0, 0.1) is 11.8 Å². The van der Waals surface area contributed by atoms with E-state index in [4.69, 9.17) is 0 Å². The number of amides is 1. The van der Waals surface area contributed by atoms with E-state index in [9.17, 15) is 14.7 Å². The molecule has 2 saturated heterocycles. The van der Waals surface area contributed by atoms with E-state index >= 15 is 0 Å². The number of hydrogen-bond acceptors (Lipinski definition) is 3. The molecule has 118 valence electrons. The minimum atomic E-state index is -0.808. The standard InChI is InChI=1S/C16H25NO3S/c18-15(9-11-5-7-21-8-6-11)17-13-4-2-1-3-12(13)10-14(17)16(19)20/h11-14H,1-10H2,(H,19,20)/t12-,13-,14+/m1/s1. The van der Waals surface area contributed by atoms with Crippen LogP contribution in [0.1, 0.15) is 51.4 Å². The number of rotatable bonds is 3. The highest BCUT2D eigenvalue weighted by molar-refractivity contribution is 7.99. The van der Waals surface area contributed by atoms with Crippen LogP contribution in [-0.2, 0) is 9.59 Å². The first-order chi connectivity index (χ1) is 10.2. The molecule has 1 aliphatic carbocycles. The van der Waals surface area contributed by atoms with Gasteiger partial charge < -0.3 is 10.0 Å². The molecule has 0 spiro atoms. The normalized spacial score (nSPS) is 33.7. The van der Waals surface area contributed by atoms with Gasteiger partial charge >= 0.3 is 5.97 Å². The van der Waals surface area contributed by atoms with Gasteiger partial charge in [0.1, 0.15) is 6.04 Å². The molecule has 0 unspecified atom stereocenters. The van der Waals surface area contributed by atoms with E-state index in [0.29, 0.717) is 24.7 Å². The zero-order valence-corrected chi connectivity index (χ0v) is 13.3. The van der Waals surface area contributed by atoms with Crippen LogP contribution >= 0.6 is 11.8 Å². The third-order valence-electron chi connectivity index (χ3n) is 5.47. The number of fused-ring (bicyclic) bond motifs is 1. The second-order valence-corrected chi connectivity index (χ2v) is 7.99. The maximum Gasteiger partial charge on any atom is 0.326 e. The van der Waals surface area contributed by atoms with Crippen LogP contribution < -0.4 is 0 Å². The molecule has 4 nitrogen and oxygen atoms in total. The fraction of sp³-hybridized carbons (Fsp3) is 0.875. The minimum absolute atomic E-state index is 0.105. The van der Waals surface area contributed by atoms with E-state index in [2.05, 4.69) is 0 Å². The molecule has 1 saturated carbocycles. The van der Waals surface area contributed by atoms with Gasteiger partial charge in [0.2, 0.25) is 5.91 Å². The van der Waals surface area contributed by atoms with Crippen molar-refractivity contribution >= 4 is 23.6 Å². The summed E-state index contributed by atoms with van der Waals surface area (Å²) >= 11 is 1.96. The number of carbonyl (C=O) groups excluding carboxylic acids is 1. The van der Waals surface area contributed by atoms with Gasteiger partial charge in [-0.15, -0.1) is 0 Å². The van der Waals surface area contributed by atoms with Gasteiger partial charge in [-0.1, -0.05) is 12.8 Å². The van der Waals surface area contributed by atoms with Gasteiger partial charge in [0.05, 0.1) is 0 Å². The molecule has 2 heterocycles. The highest BCUT2D eigenvalue weighted by Crippen LogP contribution is 2.40. The number of aliphatic carboxylic acids is 1. The van der Waals surface area contributed by atoms with Crippen molar-refractivity contribution in [3.8, 4) is 0 Å². The highest BCUT2D eigenvalue weighted by Gasteiger charge is 2.47. The molecule has 0 bridgehead atoms.